The normalized spacial score (nSPS) is 12.1. The highest BCUT2D eigenvalue weighted by Gasteiger charge is 2.18. The number of H-pyrrole nitrogens is 2. The first-order valence-electron chi connectivity index (χ1n) is 11.2. The van der Waals surface area contributed by atoms with Crippen molar-refractivity contribution in [2.24, 2.45) is 7.05 Å². The SMILES string of the molecule is Cn1cc(-c2cc3c(-c4nc5c(-c6cc(F)cc(CNS(C)(=O)=O)c6)nccc5[nH]4)n[nH]c3cn2)cn1. The van der Waals surface area contributed by atoms with Gasteiger partial charge in [-0.15, -0.1) is 0 Å². The lowest BCUT2D eigenvalue weighted by atomic mass is 10.1. The molecule has 0 unspecified atom stereocenters. The number of nitrogens with one attached hydrogen (secondary N) is 3. The Morgan fingerprint density at radius 1 is 1.05 bits per heavy atom. The fraction of sp³-hybridized carbons (Fsp3) is 0.125. The molecule has 1 aromatic carbocycles. The molecule has 0 saturated carbocycles. The molecule has 5 heterocycles. The van der Waals surface area contributed by atoms with Gasteiger partial charge in [-0.25, -0.2) is 22.5 Å². The molecule has 6 aromatic rings. The average Bonchev–Trinajstić information content (AvgIpc) is 3.58. The number of benzene rings is 1. The molecule has 0 spiro atoms. The van der Waals surface area contributed by atoms with Gasteiger partial charge in [0.25, 0.3) is 0 Å². The van der Waals surface area contributed by atoms with Gasteiger partial charge in [0.2, 0.25) is 10.0 Å². The van der Waals surface area contributed by atoms with Crippen LogP contribution in [0.15, 0.2) is 55.1 Å². The third-order valence-corrected chi connectivity index (χ3v) is 6.51. The van der Waals surface area contributed by atoms with Crippen molar-refractivity contribution in [3.63, 3.8) is 0 Å². The number of nitrogens with zero attached hydrogens (tertiary/aromatic N) is 6. The Hall–Kier alpha value is -4.49. The van der Waals surface area contributed by atoms with Gasteiger partial charge in [0, 0.05) is 42.5 Å². The quantitative estimate of drug-likeness (QED) is 0.307. The summed E-state index contributed by atoms with van der Waals surface area (Å²) in [5.41, 5.74) is 5.58. The van der Waals surface area contributed by atoms with Crippen LogP contribution in [-0.4, -0.2) is 54.6 Å². The third kappa shape index (κ3) is 4.45. The first kappa shape index (κ1) is 22.9. The van der Waals surface area contributed by atoms with Gasteiger partial charge < -0.3 is 4.98 Å². The van der Waals surface area contributed by atoms with E-state index >= 15 is 0 Å². The predicted octanol–water partition coefficient (Wildman–Crippen LogP) is 3.15. The van der Waals surface area contributed by atoms with Gasteiger partial charge in [-0.3, -0.25) is 19.7 Å². The summed E-state index contributed by atoms with van der Waals surface area (Å²) in [4.78, 5) is 17.0. The summed E-state index contributed by atoms with van der Waals surface area (Å²) in [5, 5.41) is 12.5. The van der Waals surface area contributed by atoms with E-state index in [0.29, 0.717) is 39.4 Å². The van der Waals surface area contributed by atoms with Gasteiger partial charge in [0.15, 0.2) is 5.82 Å². The van der Waals surface area contributed by atoms with Crippen molar-refractivity contribution < 1.29 is 12.8 Å². The molecule has 0 saturated heterocycles. The number of fused-ring (bicyclic) bond motifs is 2. The summed E-state index contributed by atoms with van der Waals surface area (Å²) in [5.74, 6) is 0.000274. The molecule has 0 bridgehead atoms. The van der Waals surface area contributed by atoms with Crippen LogP contribution in [-0.2, 0) is 23.6 Å². The second-order valence-electron chi connectivity index (χ2n) is 8.67. The average molecular weight is 518 g/mol. The lowest BCUT2D eigenvalue weighted by Crippen LogP contribution is -2.21. The Morgan fingerprint density at radius 2 is 1.92 bits per heavy atom. The number of aryl methyl sites for hydroxylation is 1. The van der Waals surface area contributed by atoms with Gasteiger partial charge in [0.1, 0.15) is 17.0 Å². The summed E-state index contributed by atoms with van der Waals surface area (Å²) in [6, 6.07) is 8.01. The van der Waals surface area contributed by atoms with E-state index in [9.17, 15) is 12.8 Å². The Kier molecular flexibility index (Phi) is 5.31. The smallest absolute Gasteiger partial charge is 0.209 e. The molecule has 0 fully saturated rings. The first-order chi connectivity index (χ1) is 17.7. The minimum absolute atomic E-state index is 0.0437. The van der Waals surface area contributed by atoms with E-state index in [2.05, 4.69) is 35.0 Å². The summed E-state index contributed by atoms with van der Waals surface area (Å²) in [7, 11) is -1.59. The van der Waals surface area contributed by atoms with Crippen molar-refractivity contribution in [2.45, 2.75) is 6.54 Å². The molecule has 0 amide bonds. The van der Waals surface area contributed by atoms with E-state index in [1.54, 1.807) is 35.4 Å². The zero-order valence-electron chi connectivity index (χ0n) is 19.7. The summed E-state index contributed by atoms with van der Waals surface area (Å²) >= 11 is 0. The van der Waals surface area contributed by atoms with Crippen molar-refractivity contribution >= 4 is 32.0 Å². The topological polar surface area (TPSA) is 147 Å². The number of halogens is 1. The molecule has 0 aliphatic rings. The monoisotopic (exact) mass is 517 g/mol. The van der Waals surface area contributed by atoms with Crippen molar-refractivity contribution in [2.75, 3.05) is 6.26 Å². The first-order valence-corrected chi connectivity index (χ1v) is 13.1. The maximum Gasteiger partial charge on any atom is 0.209 e. The lowest BCUT2D eigenvalue weighted by Gasteiger charge is -2.07. The molecule has 5 aromatic heterocycles. The van der Waals surface area contributed by atoms with Gasteiger partial charge in [-0.1, -0.05) is 0 Å². The molecule has 0 aliphatic heterocycles. The highest BCUT2D eigenvalue weighted by atomic mass is 32.2. The van der Waals surface area contributed by atoms with Crippen LogP contribution >= 0.6 is 0 Å². The largest absolute Gasteiger partial charge is 0.336 e. The number of imidazole rings is 1. The molecule has 3 N–H and O–H groups in total. The lowest BCUT2D eigenvalue weighted by molar-refractivity contribution is 0.586. The number of rotatable bonds is 6. The van der Waals surface area contributed by atoms with E-state index in [4.69, 9.17) is 4.98 Å². The van der Waals surface area contributed by atoms with E-state index in [1.165, 1.54) is 12.1 Å². The van der Waals surface area contributed by atoms with E-state index < -0.39 is 15.8 Å². The van der Waals surface area contributed by atoms with E-state index in [1.807, 2.05) is 19.3 Å². The maximum atomic E-state index is 14.5. The highest BCUT2D eigenvalue weighted by Crippen LogP contribution is 2.32. The maximum absolute atomic E-state index is 14.5. The van der Waals surface area contributed by atoms with Gasteiger partial charge >= 0.3 is 0 Å². The molecule has 6 rings (SSSR count). The standard InChI is InChI=1S/C24H20FN9O2S/c1-34-12-15(10-28-34)19-8-17-20(11-27-19)32-33-22(17)24-30-18-3-4-26-21(23(18)31-24)14-5-13(6-16(25)7-14)9-29-37(2,35)36/h3-8,10-12,29H,9H2,1-2H3,(H,30,31)(H,32,33). The predicted molar refractivity (Wildman–Crippen MR) is 136 cm³/mol. The van der Waals surface area contributed by atoms with Crippen LogP contribution in [0.25, 0.3) is 56.0 Å². The molecule has 0 radical (unpaired) electrons. The number of hydrogen-bond donors (Lipinski definition) is 3. The summed E-state index contributed by atoms with van der Waals surface area (Å²) < 4.78 is 41.5. The van der Waals surface area contributed by atoms with Crippen LogP contribution in [0, 0.1) is 5.82 Å². The van der Waals surface area contributed by atoms with Crippen LogP contribution in [0.5, 0.6) is 0 Å². The molecular weight excluding hydrogens is 497 g/mol. The molecule has 0 aliphatic carbocycles. The fourth-order valence-corrected chi connectivity index (χ4v) is 4.60. The Labute approximate surface area is 209 Å². The number of sulfonamides is 1. The molecule has 186 valence electrons. The van der Waals surface area contributed by atoms with Gasteiger partial charge in [0.05, 0.1) is 41.1 Å². The van der Waals surface area contributed by atoms with Gasteiger partial charge in [-0.2, -0.15) is 10.2 Å². The number of hydrogen-bond acceptors (Lipinski definition) is 7. The fourth-order valence-electron chi connectivity index (χ4n) is 4.17. The van der Waals surface area contributed by atoms with Crippen LogP contribution < -0.4 is 4.72 Å². The number of pyridine rings is 2. The minimum atomic E-state index is -3.43. The van der Waals surface area contributed by atoms with E-state index in [-0.39, 0.29) is 6.54 Å². The van der Waals surface area contributed by atoms with Crippen molar-refractivity contribution in [1.29, 1.82) is 0 Å². The van der Waals surface area contributed by atoms with E-state index in [0.717, 1.165) is 28.4 Å². The van der Waals surface area contributed by atoms with Crippen molar-refractivity contribution in [1.82, 2.24) is 44.6 Å². The van der Waals surface area contributed by atoms with Crippen LogP contribution in [0.1, 0.15) is 5.56 Å². The van der Waals surface area contributed by atoms with Gasteiger partial charge in [-0.05, 0) is 35.9 Å². The summed E-state index contributed by atoms with van der Waals surface area (Å²) in [6.07, 6.45) is 7.99. The number of aromatic nitrogens is 8. The molecule has 11 nitrogen and oxygen atoms in total. The number of aromatic amines is 2. The summed E-state index contributed by atoms with van der Waals surface area (Å²) in [6.45, 7) is -0.0437. The Balaban J connectivity index is 1.43. The van der Waals surface area contributed by atoms with Crippen LogP contribution in [0.3, 0.4) is 0 Å². The zero-order chi connectivity index (χ0) is 25.7. The van der Waals surface area contributed by atoms with Crippen molar-refractivity contribution in [3.8, 4) is 34.0 Å². The molecule has 13 heteroatoms. The second kappa shape index (κ2) is 8.57. The zero-order valence-corrected chi connectivity index (χ0v) is 20.5. The molecular formula is C24H20FN9O2S. The minimum Gasteiger partial charge on any atom is -0.336 e. The molecule has 0 atom stereocenters. The van der Waals surface area contributed by atoms with Crippen molar-refractivity contribution in [3.05, 3.63) is 66.5 Å². The van der Waals surface area contributed by atoms with Crippen LogP contribution in [0.2, 0.25) is 0 Å². The van der Waals surface area contributed by atoms with Crippen LogP contribution in [0.4, 0.5) is 4.39 Å². The second-order valence-corrected chi connectivity index (χ2v) is 10.5. The molecule has 37 heavy (non-hydrogen) atoms. The third-order valence-electron chi connectivity index (χ3n) is 5.84. The highest BCUT2D eigenvalue weighted by molar-refractivity contribution is 7.88. The Morgan fingerprint density at radius 3 is 2.70 bits per heavy atom. The Bertz CT molecular complexity index is 1910.